The van der Waals surface area contributed by atoms with Crippen molar-refractivity contribution in [2.24, 2.45) is 4.99 Å². The Morgan fingerprint density at radius 1 is 1.12 bits per heavy atom. The lowest BCUT2D eigenvalue weighted by molar-refractivity contribution is 0.145. The van der Waals surface area contributed by atoms with E-state index in [0.717, 1.165) is 31.2 Å². The number of hydrogen-bond donors (Lipinski definition) is 3. The summed E-state index contributed by atoms with van der Waals surface area (Å²) in [6.45, 7) is 10.0. The molecule has 1 aromatic rings. The van der Waals surface area contributed by atoms with Crippen LogP contribution >= 0.6 is 24.0 Å². The van der Waals surface area contributed by atoms with Gasteiger partial charge in [0.05, 0.1) is 18.3 Å². The van der Waals surface area contributed by atoms with Crippen molar-refractivity contribution in [3.8, 4) is 0 Å². The van der Waals surface area contributed by atoms with Crippen molar-refractivity contribution in [1.82, 2.24) is 15.5 Å². The number of hydrogen-bond acceptors (Lipinski definition) is 4. The molecule has 0 aromatic heterocycles. The van der Waals surface area contributed by atoms with Gasteiger partial charge in [-0.1, -0.05) is 19.4 Å². The van der Waals surface area contributed by atoms with Crippen molar-refractivity contribution in [2.45, 2.75) is 71.1 Å². The van der Waals surface area contributed by atoms with Crippen molar-refractivity contribution in [2.75, 3.05) is 44.2 Å². The molecule has 3 N–H and O–H groups in total. The first-order chi connectivity index (χ1) is 15.1. The van der Waals surface area contributed by atoms with Crippen LogP contribution in [0.5, 0.6) is 0 Å². The van der Waals surface area contributed by atoms with E-state index in [1.807, 2.05) is 17.0 Å². The molecule has 0 radical (unpaired) electrons. The molecule has 0 spiro atoms. The second-order valence-corrected chi connectivity index (χ2v) is 8.72. The second-order valence-electron chi connectivity index (χ2n) is 8.72. The molecule has 2 aliphatic rings. The van der Waals surface area contributed by atoms with Crippen LogP contribution in [0.3, 0.4) is 0 Å². The third kappa shape index (κ3) is 8.02. The summed E-state index contributed by atoms with van der Waals surface area (Å²) in [5, 5.41) is 16.4. The minimum atomic E-state index is -0.257. The smallest absolute Gasteiger partial charge is 0.191 e. The molecular formula is C24H41FIN5O. The highest BCUT2D eigenvalue weighted by atomic mass is 127. The normalized spacial score (nSPS) is 20.7. The van der Waals surface area contributed by atoms with Crippen molar-refractivity contribution >= 4 is 35.6 Å². The number of nitrogens with zero attached hydrogens (tertiary/aromatic N) is 3. The van der Waals surface area contributed by atoms with E-state index in [4.69, 9.17) is 0 Å². The molecule has 0 amide bonds. The largest absolute Gasteiger partial charge is 0.393 e. The zero-order valence-electron chi connectivity index (χ0n) is 19.7. The molecule has 32 heavy (non-hydrogen) atoms. The maximum Gasteiger partial charge on any atom is 0.191 e. The summed E-state index contributed by atoms with van der Waals surface area (Å²) in [4.78, 5) is 9.27. The summed E-state index contributed by atoms with van der Waals surface area (Å²) in [5.41, 5.74) is 1.48. The Kier molecular flexibility index (Phi) is 12.0. The molecule has 2 fully saturated rings. The third-order valence-electron chi connectivity index (χ3n) is 6.49. The van der Waals surface area contributed by atoms with Crippen molar-refractivity contribution in [3.63, 3.8) is 0 Å². The van der Waals surface area contributed by atoms with Crippen LogP contribution in [-0.2, 0) is 6.54 Å². The van der Waals surface area contributed by atoms with E-state index in [-0.39, 0.29) is 35.9 Å². The molecule has 2 saturated heterocycles. The van der Waals surface area contributed by atoms with Gasteiger partial charge in [0.15, 0.2) is 5.96 Å². The van der Waals surface area contributed by atoms with E-state index in [1.165, 1.54) is 32.2 Å². The van der Waals surface area contributed by atoms with Gasteiger partial charge in [0.1, 0.15) is 5.82 Å². The van der Waals surface area contributed by atoms with E-state index in [0.29, 0.717) is 44.2 Å². The number of piperidine rings is 2. The SMILES string of the molecule is CCNC(=NCc1ccc(N2CCC(O)CC2)c(F)c1)NCCN1CCCCC1CC.I. The van der Waals surface area contributed by atoms with Crippen LogP contribution in [0.25, 0.3) is 0 Å². The van der Waals surface area contributed by atoms with Gasteiger partial charge in [0.25, 0.3) is 0 Å². The molecule has 1 unspecified atom stereocenters. The van der Waals surface area contributed by atoms with Crippen molar-refractivity contribution in [1.29, 1.82) is 0 Å². The van der Waals surface area contributed by atoms with E-state index < -0.39 is 0 Å². The van der Waals surface area contributed by atoms with Crippen LogP contribution < -0.4 is 15.5 Å². The third-order valence-corrected chi connectivity index (χ3v) is 6.49. The maximum atomic E-state index is 14.7. The number of aliphatic hydroxyl groups is 1. The molecular weight excluding hydrogens is 520 g/mol. The van der Waals surface area contributed by atoms with Crippen molar-refractivity contribution in [3.05, 3.63) is 29.6 Å². The Hall–Kier alpha value is -1.13. The molecule has 0 bridgehead atoms. The van der Waals surface area contributed by atoms with Crippen LogP contribution in [0.4, 0.5) is 10.1 Å². The van der Waals surface area contributed by atoms with Crippen LogP contribution in [0.15, 0.2) is 23.2 Å². The topological polar surface area (TPSA) is 63.1 Å². The number of rotatable bonds is 8. The number of aliphatic hydroxyl groups excluding tert-OH is 1. The Bertz CT molecular complexity index is 712. The molecule has 182 valence electrons. The number of nitrogens with one attached hydrogen (secondary N) is 2. The fourth-order valence-electron chi connectivity index (χ4n) is 4.66. The lowest BCUT2D eigenvalue weighted by atomic mass is 10.0. The highest BCUT2D eigenvalue weighted by Crippen LogP contribution is 2.24. The van der Waals surface area contributed by atoms with Gasteiger partial charge in [-0.05, 0) is 63.3 Å². The molecule has 3 rings (SSSR count). The Morgan fingerprint density at radius 2 is 1.91 bits per heavy atom. The molecule has 0 saturated carbocycles. The van der Waals surface area contributed by atoms with Crippen LogP contribution in [-0.4, -0.2) is 67.4 Å². The van der Waals surface area contributed by atoms with Gasteiger partial charge in [-0.2, -0.15) is 0 Å². The maximum absolute atomic E-state index is 14.7. The fourth-order valence-corrected chi connectivity index (χ4v) is 4.66. The number of anilines is 1. The van der Waals surface area contributed by atoms with Crippen LogP contribution in [0, 0.1) is 5.82 Å². The Labute approximate surface area is 210 Å². The van der Waals surface area contributed by atoms with Gasteiger partial charge in [-0.25, -0.2) is 9.38 Å². The van der Waals surface area contributed by atoms with Gasteiger partial charge in [-0.15, -0.1) is 24.0 Å². The van der Waals surface area contributed by atoms with E-state index in [2.05, 4.69) is 34.4 Å². The van der Waals surface area contributed by atoms with Gasteiger partial charge in [0, 0.05) is 38.8 Å². The lowest BCUT2D eigenvalue weighted by Gasteiger charge is -2.35. The van der Waals surface area contributed by atoms with E-state index >= 15 is 0 Å². The number of aliphatic imine (C=N–C) groups is 1. The zero-order valence-corrected chi connectivity index (χ0v) is 22.0. The quantitative estimate of drug-likeness (QED) is 0.257. The minimum absolute atomic E-state index is 0. The Balaban J connectivity index is 0.00000363. The monoisotopic (exact) mass is 561 g/mol. The molecule has 2 heterocycles. The van der Waals surface area contributed by atoms with E-state index in [1.54, 1.807) is 6.07 Å². The minimum Gasteiger partial charge on any atom is -0.393 e. The number of halogens is 2. The lowest BCUT2D eigenvalue weighted by Crippen LogP contribution is -2.45. The number of likely N-dealkylation sites (tertiary alicyclic amines) is 1. The van der Waals surface area contributed by atoms with E-state index in [9.17, 15) is 9.50 Å². The fraction of sp³-hybridized carbons (Fsp3) is 0.708. The molecule has 6 nitrogen and oxygen atoms in total. The summed E-state index contributed by atoms with van der Waals surface area (Å²) in [6, 6.07) is 6.10. The standard InChI is InChI=1S/C24H40FN5O.HI/c1-3-20-7-5-6-13-29(20)16-12-27-24(26-4-2)28-18-19-8-9-23(22(25)17-19)30-14-10-21(31)11-15-30;/h8-9,17,20-21,31H,3-7,10-16,18H2,1-2H3,(H2,26,27,28);1H. The summed E-state index contributed by atoms with van der Waals surface area (Å²) in [6.07, 6.45) is 6.30. The molecule has 8 heteroatoms. The van der Waals surface area contributed by atoms with Crippen molar-refractivity contribution < 1.29 is 9.50 Å². The highest BCUT2D eigenvalue weighted by molar-refractivity contribution is 14.0. The van der Waals surface area contributed by atoms with Gasteiger partial charge >= 0.3 is 0 Å². The predicted octanol–water partition coefficient (Wildman–Crippen LogP) is 3.72. The average molecular weight is 562 g/mol. The van der Waals surface area contributed by atoms with Crippen LogP contribution in [0.1, 0.15) is 57.9 Å². The van der Waals surface area contributed by atoms with Gasteiger partial charge < -0.3 is 20.6 Å². The zero-order chi connectivity index (χ0) is 22.1. The predicted molar refractivity (Wildman–Crippen MR) is 142 cm³/mol. The molecule has 1 aromatic carbocycles. The first-order valence-corrected chi connectivity index (χ1v) is 12.1. The summed E-state index contributed by atoms with van der Waals surface area (Å²) in [5.74, 6) is 0.569. The first kappa shape index (κ1) is 27.1. The van der Waals surface area contributed by atoms with Gasteiger partial charge in [0.2, 0.25) is 0 Å². The number of benzene rings is 1. The number of guanidine groups is 1. The van der Waals surface area contributed by atoms with Gasteiger partial charge in [-0.3, -0.25) is 4.90 Å². The summed E-state index contributed by atoms with van der Waals surface area (Å²) < 4.78 is 14.7. The highest BCUT2D eigenvalue weighted by Gasteiger charge is 2.21. The molecule has 0 aliphatic carbocycles. The second kappa shape index (κ2) is 14.2. The van der Waals surface area contributed by atoms with Crippen LogP contribution in [0.2, 0.25) is 0 Å². The summed E-state index contributed by atoms with van der Waals surface area (Å²) in [7, 11) is 0. The Morgan fingerprint density at radius 3 is 2.59 bits per heavy atom. The molecule has 1 atom stereocenters. The first-order valence-electron chi connectivity index (χ1n) is 12.1. The summed E-state index contributed by atoms with van der Waals surface area (Å²) >= 11 is 0. The average Bonchev–Trinajstić information content (AvgIpc) is 2.78. The molecule has 2 aliphatic heterocycles.